The Bertz CT molecular complexity index is 492. The van der Waals surface area contributed by atoms with Crippen LogP contribution in [-0.2, 0) is 6.42 Å². The highest BCUT2D eigenvalue weighted by Crippen LogP contribution is 2.41. The Hall–Kier alpha value is -1.31. The molecule has 2 atom stereocenters. The number of hydrogen-bond acceptors (Lipinski definition) is 2. The summed E-state index contributed by atoms with van der Waals surface area (Å²) in [6, 6.07) is 6.77. The van der Waals surface area contributed by atoms with E-state index in [1.54, 1.807) is 5.56 Å². The Morgan fingerprint density at radius 3 is 3.11 bits per heavy atom. The van der Waals surface area contributed by atoms with Gasteiger partial charge in [-0.3, -0.25) is 4.99 Å². The maximum absolute atomic E-state index is 4.53. The lowest BCUT2D eigenvalue weighted by Crippen LogP contribution is -2.31. The molecule has 2 heterocycles. The molecule has 3 aliphatic rings. The fourth-order valence-corrected chi connectivity index (χ4v) is 4.09. The van der Waals surface area contributed by atoms with Gasteiger partial charge in [0.2, 0.25) is 0 Å². The number of para-hydroxylation sites is 1. The van der Waals surface area contributed by atoms with E-state index in [9.17, 15) is 0 Å². The van der Waals surface area contributed by atoms with E-state index < -0.39 is 0 Å². The Morgan fingerprint density at radius 2 is 2.11 bits per heavy atom. The van der Waals surface area contributed by atoms with E-state index in [0.717, 1.165) is 24.9 Å². The molecule has 2 unspecified atom stereocenters. The predicted molar refractivity (Wildman–Crippen MR) is 75.7 cm³/mol. The van der Waals surface area contributed by atoms with Gasteiger partial charge in [-0.15, -0.1) is 0 Å². The summed E-state index contributed by atoms with van der Waals surface area (Å²) in [7, 11) is 0. The number of benzene rings is 1. The second kappa shape index (κ2) is 4.11. The van der Waals surface area contributed by atoms with Gasteiger partial charge < -0.3 is 4.90 Å². The molecule has 0 radical (unpaired) electrons. The first-order chi connectivity index (χ1) is 8.92. The third-order valence-corrected chi connectivity index (χ3v) is 4.95. The number of hydrogen-bond donors (Lipinski definition) is 0. The average molecular weight is 240 g/mol. The lowest BCUT2D eigenvalue weighted by Gasteiger charge is -2.27. The highest BCUT2D eigenvalue weighted by Gasteiger charge is 2.33. The summed E-state index contributed by atoms with van der Waals surface area (Å²) >= 11 is 0. The van der Waals surface area contributed by atoms with E-state index in [1.807, 2.05) is 0 Å². The van der Waals surface area contributed by atoms with Crippen molar-refractivity contribution in [1.29, 1.82) is 0 Å². The molecule has 18 heavy (non-hydrogen) atoms. The standard InChI is InChI=1S/C16H20N2/c1-3-12-9-13-4-2-5-14-10-17-7-8-18(16(13)14)11-15(12)6-1/h2,4-5,10,12,15H,1,3,6-9,11H2. The summed E-state index contributed by atoms with van der Waals surface area (Å²) in [6.07, 6.45) is 7.69. The molecular weight excluding hydrogens is 220 g/mol. The van der Waals surface area contributed by atoms with Crippen molar-refractivity contribution in [2.24, 2.45) is 16.8 Å². The van der Waals surface area contributed by atoms with Crippen molar-refractivity contribution in [3.63, 3.8) is 0 Å². The molecule has 2 aliphatic heterocycles. The average Bonchev–Trinajstić information content (AvgIpc) is 2.62. The molecule has 0 bridgehead atoms. The molecule has 2 nitrogen and oxygen atoms in total. The van der Waals surface area contributed by atoms with Crippen LogP contribution in [0.5, 0.6) is 0 Å². The van der Waals surface area contributed by atoms with Crippen LogP contribution in [0.3, 0.4) is 0 Å². The van der Waals surface area contributed by atoms with Gasteiger partial charge in [-0.2, -0.15) is 0 Å². The van der Waals surface area contributed by atoms with Crippen LogP contribution >= 0.6 is 0 Å². The van der Waals surface area contributed by atoms with Crippen LogP contribution in [0, 0.1) is 11.8 Å². The topological polar surface area (TPSA) is 15.6 Å². The maximum atomic E-state index is 4.53. The minimum absolute atomic E-state index is 0.920. The van der Waals surface area contributed by atoms with Crippen molar-refractivity contribution in [1.82, 2.24) is 0 Å². The van der Waals surface area contributed by atoms with Crippen LogP contribution in [-0.4, -0.2) is 25.8 Å². The Morgan fingerprint density at radius 1 is 1.17 bits per heavy atom. The zero-order valence-corrected chi connectivity index (χ0v) is 10.8. The summed E-state index contributed by atoms with van der Waals surface area (Å²) in [4.78, 5) is 7.15. The third-order valence-electron chi connectivity index (χ3n) is 4.95. The van der Waals surface area contributed by atoms with Gasteiger partial charge in [-0.1, -0.05) is 24.6 Å². The second-order valence-electron chi connectivity index (χ2n) is 5.99. The monoisotopic (exact) mass is 240 g/mol. The molecule has 0 spiro atoms. The van der Waals surface area contributed by atoms with E-state index in [2.05, 4.69) is 34.3 Å². The van der Waals surface area contributed by atoms with Crippen LogP contribution in [0.25, 0.3) is 0 Å². The third kappa shape index (κ3) is 1.58. The van der Waals surface area contributed by atoms with Crippen molar-refractivity contribution in [3.05, 3.63) is 29.3 Å². The zero-order valence-electron chi connectivity index (χ0n) is 10.8. The fraction of sp³-hybridized carbons (Fsp3) is 0.562. The highest BCUT2D eigenvalue weighted by atomic mass is 15.2. The lowest BCUT2D eigenvalue weighted by atomic mass is 9.90. The number of anilines is 1. The van der Waals surface area contributed by atoms with Crippen molar-refractivity contribution < 1.29 is 0 Å². The summed E-state index contributed by atoms with van der Waals surface area (Å²) in [5, 5.41) is 0. The smallest absolute Gasteiger partial charge is 0.0565 e. The Kier molecular flexibility index (Phi) is 2.42. The van der Waals surface area contributed by atoms with Crippen molar-refractivity contribution in [3.8, 4) is 0 Å². The molecule has 1 fully saturated rings. The predicted octanol–water partition coefficient (Wildman–Crippen LogP) is 2.90. The molecule has 1 aliphatic carbocycles. The first kappa shape index (κ1) is 10.6. The van der Waals surface area contributed by atoms with Gasteiger partial charge in [0.05, 0.1) is 6.54 Å². The van der Waals surface area contributed by atoms with E-state index >= 15 is 0 Å². The van der Waals surface area contributed by atoms with Crippen LogP contribution in [0.1, 0.15) is 30.4 Å². The number of fused-ring (bicyclic) bond motifs is 1. The number of nitrogens with zero attached hydrogens (tertiary/aromatic N) is 2. The molecule has 0 aromatic heterocycles. The molecule has 94 valence electrons. The van der Waals surface area contributed by atoms with Gasteiger partial charge >= 0.3 is 0 Å². The van der Waals surface area contributed by atoms with Crippen LogP contribution in [0.4, 0.5) is 5.69 Å². The minimum atomic E-state index is 0.920. The fourth-order valence-electron chi connectivity index (χ4n) is 4.09. The van der Waals surface area contributed by atoms with E-state index in [1.165, 1.54) is 43.5 Å². The quantitative estimate of drug-likeness (QED) is 0.681. The molecule has 0 saturated heterocycles. The summed E-state index contributed by atoms with van der Waals surface area (Å²) < 4.78 is 0. The first-order valence-corrected chi connectivity index (χ1v) is 7.28. The molecular formula is C16H20N2. The molecule has 2 heteroatoms. The van der Waals surface area contributed by atoms with Crippen molar-refractivity contribution >= 4 is 11.9 Å². The van der Waals surface area contributed by atoms with Gasteiger partial charge in [0.25, 0.3) is 0 Å². The molecule has 4 rings (SSSR count). The number of aliphatic imine (C=N–C) groups is 1. The highest BCUT2D eigenvalue weighted by molar-refractivity contribution is 5.90. The zero-order chi connectivity index (χ0) is 11.9. The van der Waals surface area contributed by atoms with Gasteiger partial charge in [0.1, 0.15) is 0 Å². The Balaban J connectivity index is 1.84. The van der Waals surface area contributed by atoms with Gasteiger partial charge in [0.15, 0.2) is 0 Å². The van der Waals surface area contributed by atoms with Crippen molar-refractivity contribution in [2.75, 3.05) is 24.5 Å². The maximum Gasteiger partial charge on any atom is 0.0565 e. The van der Waals surface area contributed by atoms with Crippen LogP contribution in [0.15, 0.2) is 23.2 Å². The Labute approximate surface area is 109 Å². The summed E-state index contributed by atoms with van der Waals surface area (Å²) in [5.74, 6) is 1.85. The SMILES string of the molecule is C1=NCCN2CC3CCCC3Cc3cccc1c32. The molecule has 1 aromatic rings. The van der Waals surface area contributed by atoms with Gasteiger partial charge in [-0.25, -0.2) is 0 Å². The molecule has 0 N–H and O–H groups in total. The minimum Gasteiger partial charge on any atom is -0.369 e. The summed E-state index contributed by atoms with van der Waals surface area (Å²) in [5.41, 5.74) is 4.40. The first-order valence-electron chi connectivity index (χ1n) is 7.28. The van der Waals surface area contributed by atoms with Crippen molar-refractivity contribution in [2.45, 2.75) is 25.7 Å². The van der Waals surface area contributed by atoms with Crippen LogP contribution in [0.2, 0.25) is 0 Å². The normalized spacial score (nSPS) is 29.4. The molecule has 1 aromatic carbocycles. The van der Waals surface area contributed by atoms with Gasteiger partial charge in [-0.05, 0) is 36.7 Å². The van der Waals surface area contributed by atoms with Crippen LogP contribution < -0.4 is 4.90 Å². The summed E-state index contributed by atoms with van der Waals surface area (Å²) in [6.45, 7) is 3.31. The van der Waals surface area contributed by atoms with E-state index in [-0.39, 0.29) is 0 Å². The van der Waals surface area contributed by atoms with Gasteiger partial charge in [0, 0.05) is 30.6 Å². The van der Waals surface area contributed by atoms with E-state index in [4.69, 9.17) is 0 Å². The molecule has 0 amide bonds. The lowest BCUT2D eigenvalue weighted by molar-refractivity contribution is 0.396. The van der Waals surface area contributed by atoms with E-state index in [0.29, 0.717) is 0 Å². The molecule has 1 saturated carbocycles. The second-order valence-corrected chi connectivity index (χ2v) is 5.99. The largest absolute Gasteiger partial charge is 0.369 e. The number of rotatable bonds is 0.